The highest BCUT2D eigenvalue weighted by atomic mass is 32.2. The van der Waals surface area contributed by atoms with E-state index in [1.54, 1.807) is 4.31 Å². The Balaban J connectivity index is 2.33. The minimum Gasteiger partial charge on any atom is -0.212 e. The molecule has 0 atom stereocenters. The lowest BCUT2D eigenvalue weighted by Gasteiger charge is -2.28. The van der Waals surface area contributed by atoms with Crippen LogP contribution >= 0.6 is 0 Å². The van der Waals surface area contributed by atoms with Gasteiger partial charge in [0.25, 0.3) is 0 Å². The molecule has 1 aliphatic heterocycles. The summed E-state index contributed by atoms with van der Waals surface area (Å²) in [5, 5.41) is 0. The topological polar surface area (TPSA) is 37.4 Å². The Hall–Kier alpha value is -0.870. The Morgan fingerprint density at radius 3 is 2.39 bits per heavy atom. The Kier molecular flexibility index (Phi) is 3.52. The molecule has 0 fully saturated rings. The van der Waals surface area contributed by atoms with Gasteiger partial charge in [0, 0.05) is 13.1 Å². The van der Waals surface area contributed by atoms with Gasteiger partial charge in [0.2, 0.25) is 10.0 Å². The first kappa shape index (κ1) is 13.6. The molecule has 100 valence electrons. The van der Waals surface area contributed by atoms with Crippen LogP contribution < -0.4 is 0 Å². The van der Waals surface area contributed by atoms with Gasteiger partial charge in [0.15, 0.2) is 0 Å². The molecule has 0 bridgehead atoms. The molecule has 0 unspecified atom stereocenters. The number of aryl methyl sites for hydroxylation is 1. The van der Waals surface area contributed by atoms with Crippen LogP contribution in [0, 0.1) is 5.41 Å². The van der Waals surface area contributed by atoms with E-state index in [1.165, 1.54) is 0 Å². The highest BCUT2D eigenvalue weighted by Crippen LogP contribution is 2.25. The van der Waals surface area contributed by atoms with Gasteiger partial charge in [-0.15, -0.1) is 0 Å². The third-order valence-corrected chi connectivity index (χ3v) is 4.90. The maximum Gasteiger partial charge on any atom is 0.214 e. The molecule has 0 spiro atoms. The smallest absolute Gasteiger partial charge is 0.212 e. The SMILES string of the molecule is CC(C)(C)CN1Cc2ccccc2CCS1(=O)=O. The van der Waals surface area contributed by atoms with Crippen molar-refractivity contribution in [1.82, 2.24) is 4.31 Å². The fraction of sp³-hybridized carbons (Fsp3) is 0.571. The largest absolute Gasteiger partial charge is 0.214 e. The molecular weight excluding hydrogens is 246 g/mol. The van der Waals surface area contributed by atoms with Crippen LogP contribution in [0.1, 0.15) is 31.9 Å². The number of nitrogens with zero attached hydrogens (tertiary/aromatic N) is 1. The number of rotatable bonds is 1. The summed E-state index contributed by atoms with van der Waals surface area (Å²) in [6.45, 7) is 7.29. The first-order valence-electron chi connectivity index (χ1n) is 6.33. The van der Waals surface area contributed by atoms with Gasteiger partial charge in [0.05, 0.1) is 5.75 Å². The first-order chi connectivity index (χ1) is 8.28. The monoisotopic (exact) mass is 267 g/mol. The molecule has 1 aliphatic rings. The molecule has 0 N–H and O–H groups in total. The summed E-state index contributed by atoms with van der Waals surface area (Å²) >= 11 is 0. The molecule has 0 saturated heterocycles. The third kappa shape index (κ3) is 3.12. The summed E-state index contributed by atoms with van der Waals surface area (Å²) < 4.78 is 26.2. The molecule has 2 rings (SSSR count). The van der Waals surface area contributed by atoms with Gasteiger partial charge in [-0.25, -0.2) is 8.42 Å². The second-order valence-electron chi connectivity index (χ2n) is 6.16. The van der Waals surface area contributed by atoms with Crippen molar-refractivity contribution in [1.29, 1.82) is 0 Å². The van der Waals surface area contributed by atoms with Gasteiger partial charge < -0.3 is 0 Å². The molecule has 0 aromatic heterocycles. The predicted molar refractivity (Wildman–Crippen MR) is 73.8 cm³/mol. The van der Waals surface area contributed by atoms with Crippen LogP contribution in [0.5, 0.6) is 0 Å². The van der Waals surface area contributed by atoms with Gasteiger partial charge in [-0.05, 0) is 23.0 Å². The molecule has 4 heteroatoms. The average Bonchev–Trinajstić information content (AvgIpc) is 2.36. The molecule has 1 aromatic rings. The molecule has 0 aliphatic carbocycles. The molecule has 1 heterocycles. The van der Waals surface area contributed by atoms with E-state index in [1.807, 2.05) is 24.3 Å². The molecule has 0 radical (unpaired) electrons. The van der Waals surface area contributed by atoms with E-state index in [4.69, 9.17) is 0 Å². The lowest BCUT2D eigenvalue weighted by Crippen LogP contribution is -2.37. The molecule has 3 nitrogen and oxygen atoms in total. The van der Waals surface area contributed by atoms with Crippen LogP contribution in [-0.2, 0) is 23.0 Å². The summed E-state index contributed by atoms with van der Waals surface area (Å²) in [5.74, 6) is 0.222. The number of hydrogen-bond donors (Lipinski definition) is 0. The van der Waals surface area contributed by atoms with E-state index in [-0.39, 0.29) is 11.2 Å². The zero-order valence-electron chi connectivity index (χ0n) is 11.3. The van der Waals surface area contributed by atoms with Crippen molar-refractivity contribution in [3.63, 3.8) is 0 Å². The summed E-state index contributed by atoms with van der Waals surface area (Å²) in [6, 6.07) is 8.02. The van der Waals surface area contributed by atoms with Gasteiger partial charge >= 0.3 is 0 Å². The summed E-state index contributed by atoms with van der Waals surface area (Å²) in [7, 11) is -3.13. The number of fused-ring (bicyclic) bond motifs is 1. The summed E-state index contributed by atoms with van der Waals surface area (Å²) in [5.41, 5.74) is 2.28. The molecule has 0 saturated carbocycles. The van der Waals surface area contributed by atoms with Crippen molar-refractivity contribution >= 4 is 10.0 Å². The Morgan fingerprint density at radius 1 is 1.17 bits per heavy atom. The number of benzene rings is 1. The van der Waals surface area contributed by atoms with Crippen LogP contribution in [0.4, 0.5) is 0 Å². The van der Waals surface area contributed by atoms with E-state index in [9.17, 15) is 8.42 Å². The minimum absolute atomic E-state index is 0.0215. The van der Waals surface area contributed by atoms with E-state index in [0.717, 1.165) is 11.1 Å². The van der Waals surface area contributed by atoms with Crippen molar-refractivity contribution in [2.24, 2.45) is 5.41 Å². The molecule has 18 heavy (non-hydrogen) atoms. The fourth-order valence-electron chi connectivity index (χ4n) is 2.30. The quantitative estimate of drug-likeness (QED) is 0.783. The molecular formula is C14H21NO2S. The van der Waals surface area contributed by atoms with E-state index in [0.29, 0.717) is 19.5 Å². The number of hydrogen-bond acceptors (Lipinski definition) is 2. The van der Waals surface area contributed by atoms with Gasteiger partial charge in [-0.1, -0.05) is 45.0 Å². The lowest BCUT2D eigenvalue weighted by molar-refractivity contribution is 0.278. The van der Waals surface area contributed by atoms with E-state index in [2.05, 4.69) is 20.8 Å². The molecule has 1 aromatic carbocycles. The standard InChI is InChI=1S/C14H21NO2S/c1-14(2,3)11-15-10-13-7-5-4-6-12(13)8-9-18(15,16)17/h4-7H,8-11H2,1-3H3. The van der Waals surface area contributed by atoms with Crippen molar-refractivity contribution < 1.29 is 8.42 Å². The summed E-state index contributed by atoms with van der Waals surface area (Å²) in [4.78, 5) is 0. The van der Waals surface area contributed by atoms with Gasteiger partial charge in [-0.3, -0.25) is 0 Å². The molecule has 0 amide bonds. The zero-order chi connectivity index (χ0) is 13.4. The Morgan fingerprint density at radius 2 is 1.78 bits per heavy atom. The van der Waals surface area contributed by atoms with Gasteiger partial charge in [0.1, 0.15) is 0 Å². The predicted octanol–water partition coefficient (Wildman–Crippen LogP) is 2.42. The maximum atomic E-state index is 12.3. The highest BCUT2D eigenvalue weighted by molar-refractivity contribution is 7.89. The van der Waals surface area contributed by atoms with Crippen molar-refractivity contribution in [3.05, 3.63) is 35.4 Å². The van der Waals surface area contributed by atoms with Crippen molar-refractivity contribution in [2.75, 3.05) is 12.3 Å². The third-order valence-electron chi connectivity index (χ3n) is 3.14. The van der Waals surface area contributed by atoms with Crippen LogP contribution in [0.3, 0.4) is 0 Å². The lowest BCUT2D eigenvalue weighted by atomic mass is 9.96. The zero-order valence-corrected chi connectivity index (χ0v) is 12.1. The van der Waals surface area contributed by atoms with Gasteiger partial charge in [-0.2, -0.15) is 4.31 Å². The fourth-order valence-corrected chi connectivity index (χ4v) is 3.95. The van der Waals surface area contributed by atoms with E-state index >= 15 is 0 Å². The average molecular weight is 267 g/mol. The number of sulfonamides is 1. The summed E-state index contributed by atoms with van der Waals surface area (Å²) in [6.07, 6.45) is 0.624. The maximum absolute atomic E-state index is 12.3. The van der Waals surface area contributed by atoms with Crippen LogP contribution in [0.25, 0.3) is 0 Å². The second-order valence-corrected chi connectivity index (χ2v) is 8.25. The normalized spacial score (nSPS) is 20.2. The van der Waals surface area contributed by atoms with Crippen molar-refractivity contribution in [2.45, 2.75) is 33.7 Å². The van der Waals surface area contributed by atoms with Crippen LogP contribution in [0.2, 0.25) is 0 Å². The highest BCUT2D eigenvalue weighted by Gasteiger charge is 2.29. The van der Waals surface area contributed by atoms with E-state index < -0.39 is 10.0 Å². The van der Waals surface area contributed by atoms with Crippen LogP contribution in [0.15, 0.2) is 24.3 Å². The minimum atomic E-state index is -3.13. The Labute approximate surface area is 110 Å². The van der Waals surface area contributed by atoms with Crippen LogP contribution in [-0.4, -0.2) is 25.0 Å². The first-order valence-corrected chi connectivity index (χ1v) is 7.93. The Bertz CT molecular complexity index is 529. The van der Waals surface area contributed by atoms with Crippen molar-refractivity contribution in [3.8, 4) is 0 Å². The second kappa shape index (κ2) is 4.67.